The van der Waals surface area contributed by atoms with Gasteiger partial charge in [-0.2, -0.15) is 0 Å². The molecule has 0 atom stereocenters. The predicted molar refractivity (Wildman–Crippen MR) is 112 cm³/mol. The summed E-state index contributed by atoms with van der Waals surface area (Å²) < 4.78 is 33.8. The number of benzene rings is 2. The molecule has 0 amide bonds. The Labute approximate surface area is 176 Å². The van der Waals surface area contributed by atoms with Crippen LogP contribution in [0.1, 0.15) is 29.6 Å². The van der Waals surface area contributed by atoms with Crippen molar-refractivity contribution < 1.29 is 13.5 Å². The van der Waals surface area contributed by atoms with E-state index in [0.29, 0.717) is 23.6 Å². The molecule has 0 saturated carbocycles. The van der Waals surface area contributed by atoms with Crippen molar-refractivity contribution in [1.29, 1.82) is 5.41 Å². The van der Waals surface area contributed by atoms with E-state index in [4.69, 9.17) is 21.7 Å². The van der Waals surface area contributed by atoms with Gasteiger partial charge in [-0.1, -0.05) is 29.8 Å². The van der Waals surface area contributed by atoms with Crippen molar-refractivity contribution in [2.24, 2.45) is 0 Å². The van der Waals surface area contributed by atoms with E-state index < -0.39 is 17.2 Å². The second-order valence-electron chi connectivity index (χ2n) is 6.39. The summed E-state index contributed by atoms with van der Waals surface area (Å²) in [6, 6.07) is 8.97. The molecule has 0 radical (unpaired) electrons. The maximum Gasteiger partial charge on any atom is 0.270 e. The largest absolute Gasteiger partial charge is 0.494 e. The second-order valence-corrected chi connectivity index (χ2v) is 6.76. The van der Waals surface area contributed by atoms with E-state index >= 15 is 0 Å². The van der Waals surface area contributed by atoms with Crippen molar-refractivity contribution in [3.05, 3.63) is 86.1 Å². The minimum Gasteiger partial charge on any atom is -0.494 e. The molecule has 3 N–H and O–H groups in total. The van der Waals surface area contributed by atoms with Crippen LogP contribution in [0, 0.1) is 24.0 Å². The number of nitrogens with one attached hydrogen (secondary N) is 3. The number of aromatic amines is 1. The molecule has 0 aliphatic heterocycles. The summed E-state index contributed by atoms with van der Waals surface area (Å²) >= 11 is 5.84. The van der Waals surface area contributed by atoms with Gasteiger partial charge < -0.3 is 15.0 Å². The Morgan fingerprint density at radius 3 is 2.57 bits per heavy atom. The zero-order valence-corrected chi connectivity index (χ0v) is 17.0. The highest BCUT2D eigenvalue weighted by Gasteiger charge is 2.16. The monoisotopic (exact) mass is 432 g/mol. The van der Waals surface area contributed by atoms with Crippen molar-refractivity contribution >= 4 is 23.0 Å². The molecule has 0 aliphatic carbocycles. The normalized spacial score (nSPS) is 10.7. The third-order valence-corrected chi connectivity index (χ3v) is 4.79. The van der Waals surface area contributed by atoms with E-state index in [0.717, 1.165) is 12.1 Å². The van der Waals surface area contributed by atoms with Crippen LogP contribution in [0.15, 0.2) is 41.2 Å². The fourth-order valence-corrected chi connectivity index (χ4v) is 2.94. The number of halogens is 3. The maximum absolute atomic E-state index is 14.3. The third-order valence-electron chi connectivity index (χ3n) is 4.34. The quantitative estimate of drug-likeness (QED) is 0.481. The molecule has 1 heterocycles. The molecular formula is C21H19ClF2N4O2. The van der Waals surface area contributed by atoms with Crippen LogP contribution in [-0.4, -0.2) is 22.3 Å². The highest BCUT2D eigenvalue weighted by atomic mass is 35.5. The molecule has 156 valence electrons. The SMILES string of the molecule is CCOc1cc(F)c(CNc2ccccc2C(=N)c2nc(C)c(Cl)c(=O)[nH]2)c(F)c1. The third kappa shape index (κ3) is 4.49. The highest BCUT2D eigenvalue weighted by molar-refractivity contribution is 6.31. The Hall–Kier alpha value is -3.26. The number of ether oxygens (including phenoxy) is 1. The van der Waals surface area contributed by atoms with Crippen LogP contribution >= 0.6 is 11.6 Å². The average molecular weight is 433 g/mol. The van der Waals surface area contributed by atoms with E-state index in [1.807, 2.05) is 0 Å². The first kappa shape index (κ1) is 21.4. The zero-order chi connectivity index (χ0) is 21.8. The topological polar surface area (TPSA) is 90.9 Å². The molecule has 9 heteroatoms. The van der Waals surface area contributed by atoms with E-state index in [1.165, 1.54) is 0 Å². The number of hydrogen-bond donors (Lipinski definition) is 3. The molecule has 3 rings (SSSR count). The van der Waals surface area contributed by atoms with Gasteiger partial charge >= 0.3 is 0 Å². The van der Waals surface area contributed by atoms with Gasteiger partial charge in [0.2, 0.25) is 0 Å². The molecule has 0 spiro atoms. The lowest BCUT2D eigenvalue weighted by Crippen LogP contribution is -2.19. The number of rotatable bonds is 7. The number of anilines is 1. The van der Waals surface area contributed by atoms with Gasteiger partial charge in [0.15, 0.2) is 5.82 Å². The van der Waals surface area contributed by atoms with E-state index in [9.17, 15) is 13.6 Å². The van der Waals surface area contributed by atoms with Crippen LogP contribution in [0.2, 0.25) is 5.02 Å². The number of nitrogens with zero attached hydrogens (tertiary/aromatic N) is 1. The van der Waals surface area contributed by atoms with E-state index in [1.54, 1.807) is 38.1 Å². The van der Waals surface area contributed by atoms with Gasteiger partial charge in [0, 0.05) is 35.5 Å². The number of aryl methyl sites for hydroxylation is 1. The standard InChI is InChI=1S/C21H19ClF2N4O2/c1-3-30-12-8-15(23)14(16(24)9-12)10-26-17-7-5-4-6-13(17)19(25)20-27-11(2)18(22)21(29)28-20/h4-9,25-26H,3,10H2,1-2H3,(H,27,28,29). The van der Waals surface area contributed by atoms with Gasteiger partial charge in [0.05, 0.1) is 12.3 Å². The molecule has 0 bridgehead atoms. The minimum absolute atomic E-state index is 0.0366. The first-order valence-electron chi connectivity index (χ1n) is 9.11. The van der Waals surface area contributed by atoms with Crippen LogP contribution in [0.3, 0.4) is 0 Å². The van der Waals surface area contributed by atoms with Gasteiger partial charge in [0.25, 0.3) is 5.56 Å². The summed E-state index contributed by atoms with van der Waals surface area (Å²) in [7, 11) is 0. The maximum atomic E-state index is 14.3. The van der Waals surface area contributed by atoms with Gasteiger partial charge in [-0.15, -0.1) is 0 Å². The van der Waals surface area contributed by atoms with Gasteiger partial charge in [-0.25, -0.2) is 13.8 Å². The first-order valence-corrected chi connectivity index (χ1v) is 9.49. The van der Waals surface area contributed by atoms with Crippen LogP contribution in [0.5, 0.6) is 5.75 Å². The van der Waals surface area contributed by atoms with Crippen LogP contribution in [-0.2, 0) is 6.54 Å². The van der Waals surface area contributed by atoms with Crippen molar-refractivity contribution in [2.75, 3.05) is 11.9 Å². The van der Waals surface area contributed by atoms with Crippen molar-refractivity contribution in [1.82, 2.24) is 9.97 Å². The van der Waals surface area contributed by atoms with Crippen molar-refractivity contribution in [3.8, 4) is 5.75 Å². The van der Waals surface area contributed by atoms with Gasteiger partial charge in [-0.3, -0.25) is 10.2 Å². The Bertz CT molecular complexity index is 1140. The van der Waals surface area contributed by atoms with Crippen molar-refractivity contribution in [2.45, 2.75) is 20.4 Å². The van der Waals surface area contributed by atoms with Gasteiger partial charge in [-0.05, 0) is 19.9 Å². The molecule has 30 heavy (non-hydrogen) atoms. The Morgan fingerprint density at radius 1 is 1.27 bits per heavy atom. The Morgan fingerprint density at radius 2 is 1.93 bits per heavy atom. The molecule has 3 aromatic rings. The average Bonchev–Trinajstić information content (AvgIpc) is 2.71. The highest BCUT2D eigenvalue weighted by Crippen LogP contribution is 2.24. The zero-order valence-electron chi connectivity index (χ0n) is 16.3. The fraction of sp³-hybridized carbons (Fsp3) is 0.190. The number of para-hydroxylation sites is 1. The molecule has 0 saturated heterocycles. The van der Waals surface area contributed by atoms with E-state index in [-0.39, 0.29) is 34.4 Å². The molecular weight excluding hydrogens is 414 g/mol. The number of hydrogen-bond acceptors (Lipinski definition) is 5. The summed E-state index contributed by atoms with van der Waals surface area (Å²) in [6.45, 7) is 3.43. The fourth-order valence-electron chi connectivity index (χ4n) is 2.85. The van der Waals surface area contributed by atoms with E-state index in [2.05, 4.69) is 15.3 Å². The van der Waals surface area contributed by atoms with Crippen molar-refractivity contribution in [3.63, 3.8) is 0 Å². The van der Waals surface area contributed by atoms with Crippen LogP contribution in [0.25, 0.3) is 0 Å². The lowest BCUT2D eigenvalue weighted by atomic mass is 10.1. The molecule has 2 aromatic carbocycles. The lowest BCUT2D eigenvalue weighted by Gasteiger charge is -2.14. The summed E-state index contributed by atoms with van der Waals surface area (Å²) in [5, 5.41) is 11.3. The van der Waals surface area contributed by atoms with Gasteiger partial charge in [0.1, 0.15) is 28.1 Å². The summed E-state index contributed by atoms with van der Waals surface area (Å²) in [4.78, 5) is 18.5. The molecule has 6 nitrogen and oxygen atoms in total. The van der Waals surface area contributed by atoms with Crippen LogP contribution in [0.4, 0.5) is 14.5 Å². The summed E-state index contributed by atoms with van der Waals surface area (Å²) in [5.41, 5.74) is 0.368. The summed E-state index contributed by atoms with van der Waals surface area (Å²) in [6.07, 6.45) is 0. The Kier molecular flexibility index (Phi) is 6.47. The summed E-state index contributed by atoms with van der Waals surface area (Å²) in [5.74, 6) is -1.32. The number of H-pyrrole nitrogens is 1. The molecule has 0 fully saturated rings. The molecule has 1 aromatic heterocycles. The molecule has 0 unspecified atom stereocenters. The predicted octanol–water partition coefficient (Wildman–Crippen LogP) is 4.44. The minimum atomic E-state index is -0.738. The molecule has 0 aliphatic rings. The lowest BCUT2D eigenvalue weighted by molar-refractivity contribution is 0.335. The van der Waals surface area contributed by atoms with Crippen LogP contribution < -0.4 is 15.6 Å². The smallest absolute Gasteiger partial charge is 0.270 e. The first-order chi connectivity index (χ1) is 14.3. The Balaban J connectivity index is 1.88. The second kappa shape index (κ2) is 9.04. The number of aromatic nitrogens is 2.